The molecular formula is C13H16FN3. The molecule has 0 saturated heterocycles. The van der Waals surface area contributed by atoms with E-state index in [1.54, 1.807) is 19.3 Å². The summed E-state index contributed by atoms with van der Waals surface area (Å²) in [6, 6.07) is 5.17. The van der Waals surface area contributed by atoms with Gasteiger partial charge in [-0.3, -0.25) is 0 Å². The lowest BCUT2D eigenvalue weighted by molar-refractivity contribution is 0.619. The monoisotopic (exact) mass is 233 g/mol. The van der Waals surface area contributed by atoms with E-state index in [0.29, 0.717) is 12.1 Å². The van der Waals surface area contributed by atoms with Crippen LogP contribution in [0.4, 0.5) is 10.1 Å². The van der Waals surface area contributed by atoms with Gasteiger partial charge in [0.05, 0.1) is 18.6 Å². The summed E-state index contributed by atoms with van der Waals surface area (Å²) < 4.78 is 15.4. The largest absolute Gasteiger partial charge is 0.379 e. The number of nitrogens with zero attached hydrogens (tertiary/aromatic N) is 2. The fraction of sp³-hybridized carbons (Fsp3) is 0.308. The van der Waals surface area contributed by atoms with Gasteiger partial charge in [-0.25, -0.2) is 9.37 Å². The molecule has 0 spiro atoms. The Morgan fingerprint density at radius 3 is 2.94 bits per heavy atom. The van der Waals surface area contributed by atoms with Crippen LogP contribution >= 0.6 is 0 Å². The third kappa shape index (κ3) is 2.64. The lowest BCUT2D eigenvalue weighted by Crippen LogP contribution is -2.06. The van der Waals surface area contributed by atoms with Gasteiger partial charge in [0, 0.05) is 18.4 Å². The number of aryl methyl sites for hydroxylation is 2. The Morgan fingerprint density at radius 1 is 1.41 bits per heavy atom. The molecule has 0 aliphatic heterocycles. The lowest BCUT2D eigenvalue weighted by Gasteiger charge is -2.09. The third-order valence-corrected chi connectivity index (χ3v) is 2.78. The van der Waals surface area contributed by atoms with Gasteiger partial charge in [-0.1, -0.05) is 6.07 Å². The smallest absolute Gasteiger partial charge is 0.128 e. The summed E-state index contributed by atoms with van der Waals surface area (Å²) in [5.74, 6) is -0.181. The number of aromatic nitrogens is 2. The number of imidazole rings is 1. The highest BCUT2D eigenvalue weighted by molar-refractivity contribution is 5.45. The first kappa shape index (κ1) is 11.6. The van der Waals surface area contributed by atoms with Crippen molar-refractivity contribution >= 4 is 5.69 Å². The molecule has 0 amide bonds. The van der Waals surface area contributed by atoms with Crippen molar-refractivity contribution in [1.82, 2.24) is 9.55 Å². The Kier molecular flexibility index (Phi) is 3.42. The number of hydrogen-bond donors (Lipinski definition) is 1. The first-order valence-electron chi connectivity index (χ1n) is 5.69. The standard InChI is InChI=1S/C13H16FN3/c1-3-17-9-15-7-12(17)8-16-11-5-4-10(2)13(14)6-11/h4-7,9,16H,3,8H2,1-2H3. The minimum absolute atomic E-state index is 0.181. The number of anilines is 1. The maximum Gasteiger partial charge on any atom is 0.128 e. The second-order valence-corrected chi connectivity index (χ2v) is 3.99. The second-order valence-electron chi connectivity index (χ2n) is 3.99. The number of nitrogens with one attached hydrogen (secondary N) is 1. The van der Waals surface area contributed by atoms with E-state index in [-0.39, 0.29) is 5.82 Å². The van der Waals surface area contributed by atoms with Gasteiger partial charge in [-0.05, 0) is 31.5 Å². The zero-order valence-electron chi connectivity index (χ0n) is 10.1. The average molecular weight is 233 g/mol. The topological polar surface area (TPSA) is 29.9 Å². The van der Waals surface area contributed by atoms with Crippen molar-refractivity contribution in [2.24, 2.45) is 0 Å². The van der Waals surface area contributed by atoms with Crippen LogP contribution in [0.5, 0.6) is 0 Å². The first-order chi connectivity index (χ1) is 8.20. The summed E-state index contributed by atoms with van der Waals surface area (Å²) in [7, 11) is 0. The Labute approximate surface area is 100 Å². The third-order valence-electron chi connectivity index (χ3n) is 2.78. The Morgan fingerprint density at radius 2 is 2.24 bits per heavy atom. The second kappa shape index (κ2) is 4.99. The molecule has 0 unspecified atom stereocenters. The fourth-order valence-corrected chi connectivity index (χ4v) is 1.68. The Balaban J connectivity index is 2.05. The molecule has 1 N–H and O–H groups in total. The molecule has 0 fully saturated rings. The van der Waals surface area contributed by atoms with Crippen LogP contribution in [-0.2, 0) is 13.1 Å². The van der Waals surface area contributed by atoms with E-state index in [1.165, 1.54) is 6.07 Å². The van der Waals surface area contributed by atoms with Crippen molar-refractivity contribution < 1.29 is 4.39 Å². The maximum atomic E-state index is 13.3. The fourth-order valence-electron chi connectivity index (χ4n) is 1.68. The van der Waals surface area contributed by atoms with Crippen LogP contribution in [0.3, 0.4) is 0 Å². The van der Waals surface area contributed by atoms with Gasteiger partial charge in [0.2, 0.25) is 0 Å². The zero-order chi connectivity index (χ0) is 12.3. The molecule has 90 valence electrons. The minimum Gasteiger partial charge on any atom is -0.379 e. The SMILES string of the molecule is CCn1cncc1CNc1ccc(C)c(F)c1. The molecule has 4 heteroatoms. The summed E-state index contributed by atoms with van der Waals surface area (Å²) in [5.41, 5.74) is 2.54. The summed E-state index contributed by atoms with van der Waals surface area (Å²) in [6.45, 7) is 5.36. The number of halogens is 1. The highest BCUT2D eigenvalue weighted by atomic mass is 19.1. The lowest BCUT2D eigenvalue weighted by atomic mass is 10.2. The van der Waals surface area contributed by atoms with Crippen LogP contribution in [0, 0.1) is 12.7 Å². The van der Waals surface area contributed by atoms with E-state index in [1.807, 2.05) is 12.3 Å². The highest BCUT2D eigenvalue weighted by Gasteiger charge is 2.02. The molecule has 0 aliphatic carbocycles. The van der Waals surface area contributed by atoms with Gasteiger partial charge in [0.1, 0.15) is 5.82 Å². The van der Waals surface area contributed by atoms with Gasteiger partial charge in [-0.2, -0.15) is 0 Å². The summed E-state index contributed by atoms with van der Waals surface area (Å²) in [5, 5.41) is 3.19. The van der Waals surface area contributed by atoms with Gasteiger partial charge in [0.15, 0.2) is 0 Å². The van der Waals surface area contributed by atoms with Crippen LogP contribution in [0.15, 0.2) is 30.7 Å². The molecule has 0 saturated carbocycles. The van der Waals surface area contributed by atoms with Crippen LogP contribution in [0.25, 0.3) is 0 Å². The van der Waals surface area contributed by atoms with Crippen molar-refractivity contribution in [3.63, 3.8) is 0 Å². The molecule has 1 aromatic heterocycles. The Bertz CT molecular complexity index is 505. The summed E-state index contributed by atoms with van der Waals surface area (Å²) in [6.07, 6.45) is 3.62. The van der Waals surface area contributed by atoms with Gasteiger partial charge >= 0.3 is 0 Å². The van der Waals surface area contributed by atoms with Crippen molar-refractivity contribution in [1.29, 1.82) is 0 Å². The van der Waals surface area contributed by atoms with Crippen molar-refractivity contribution in [3.05, 3.63) is 47.8 Å². The first-order valence-corrected chi connectivity index (χ1v) is 5.69. The molecule has 1 aromatic carbocycles. The quantitative estimate of drug-likeness (QED) is 0.879. The van der Waals surface area contributed by atoms with Crippen molar-refractivity contribution in [3.8, 4) is 0 Å². The van der Waals surface area contributed by atoms with E-state index in [9.17, 15) is 4.39 Å². The van der Waals surface area contributed by atoms with Crippen LogP contribution < -0.4 is 5.32 Å². The van der Waals surface area contributed by atoms with E-state index < -0.39 is 0 Å². The number of benzene rings is 1. The predicted molar refractivity (Wildman–Crippen MR) is 66.4 cm³/mol. The molecule has 0 atom stereocenters. The maximum absolute atomic E-state index is 13.3. The van der Waals surface area contributed by atoms with E-state index in [4.69, 9.17) is 0 Å². The molecule has 0 aliphatic rings. The normalized spacial score (nSPS) is 10.5. The number of rotatable bonds is 4. The van der Waals surface area contributed by atoms with Gasteiger partial charge in [-0.15, -0.1) is 0 Å². The zero-order valence-corrected chi connectivity index (χ0v) is 10.1. The molecule has 17 heavy (non-hydrogen) atoms. The molecule has 3 nitrogen and oxygen atoms in total. The predicted octanol–water partition coefficient (Wildman–Crippen LogP) is 2.96. The molecule has 1 heterocycles. The molecule has 0 bridgehead atoms. The van der Waals surface area contributed by atoms with E-state index >= 15 is 0 Å². The van der Waals surface area contributed by atoms with Crippen molar-refractivity contribution in [2.45, 2.75) is 26.9 Å². The molecular weight excluding hydrogens is 217 g/mol. The highest BCUT2D eigenvalue weighted by Crippen LogP contribution is 2.14. The van der Waals surface area contributed by atoms with E-state index in [2.05, 4.69) is 21.8 Å². The summed E-state index contributed by atoms with van der Waals surface area (Å²) in [4.78, 5) is 4.09. The molecule has 2 rings (SSSR count). The Hall–Kier alpha value is -1.84. The number of hydrogen-bond acceptors (Lipinski definition) is 2. The summed E-state index contributed by atoms with van der Waals surface area (Å²) >= 11 is 0. The van der Waals surface area contributed by atoms with Crippen LogP contribution in [0.1, 0.15) is 18.2 Å². The van der Waals surface area contributed by atoms with Crippen molar-refractivity contribution in [2.75, 3.05) is 5.32 Å². The average Bonchev–Trinajstić information content (AvgIpc) is 2.78. The minimum atomic E-state index is -0.181. The van der Waals surface area contributed by atoms with Crippen LogP contribution in [0.2, 0.25) is 0 Å². The van der Waals surface area contributed by atoms with Gasteiger partial charge < -0.3 is 9.88 Å². The van der Waals surface area contributed by atoms with E-state index in [0.717, 1.165) is 17.9 Å². The molecule has 2 aromatic rings. The van der Waals surface area contributed by atoms with Gasteiger partial charge in [0.25, 0.3) is 0 Å². The molecule has 0 radical (unpaired) electrons. The van der Waals surface area contributed by atoms with Crippen LogP contribution in [-0.4, -0.2) is 9.55 Å².